The molecule has 3 rings (SSSR count). The molecule has 0 bridgehead atoms. The van der Waals surface area contributed by atoms with Gasteiger partial charge in [0.15, 0.2) is 0 Å². The number of non-ortho nitro benzene ring substituents is 1. The third-order valence-corrected chi connectivity index (χ3v) is 4.51. The average Bonchev–Trinajstić information content (AvgIpc) is 2.91. The van der Waals surface area contributed by atoms with Crippen molar-refractivity contribution in [2.45, 2.75) is 6.92 Å². The topological polar surface area (TPSA) is 89.8 Å². The Hall–Kier alpha value is -3.45. The summed E-state index contributed by atoms with van der Waals surface area (Å²) in [6.45, 7) is 1.64. The summed E-state index contributed by atoms with van der Waals surface area (Å²) in [5.41, 5.74) is 1.66. The number of allylic oxidation sites excluding steroid dienone is 1. The predicted octanol–water partition coefficient (Wildman–Crippen LogP) is 4.13. The minimum absolute atomic E-state index is 0.0691. The third-order valence-electron chi connectivity index (χ3n) is 4.27. The van der Waals surface area contributed by atoms with Crippen LogP contribution >= 0.6 is 11.6 Å². The molecule has 0 saturated carbocycles. The molecule has 1 amide bonds. The minimum atomic E-state index is -0.650. The third kappa shape index (κ3) is 3.52. The van der Waals surface area contributed by atoms with Gasteiger partial charge in [-0.2, -0.15) is 0 Å². The van der Waals surface area contributed by atoms with Crippen LogP contribution in [0.3, 0.4) is 0 Å². The van der Waals surface area contributed by atoms with Crippen molar-refractivity contribution >= 4 is 40.9 Å². The number of esters is 1. The zero-order chi connectivity index (χ0) is 20.4. The largest absolute Gasteiger partial charge is 0.465 e. The standard InChI is InChI=1S/C20H15ClN2O5/c1-12-18(20(25)28-2)17(10-13-6-8-15(9-7-13)23(26)27)19(24)22(12)16-5-3-4-14(21)11-16/h3-11H,1-2H3/b17-10-. The highest BCUT2D eigenvalue weighted by Crippen LogP contribution is 2.36. The Labute approximate surface area is 165 Å². The maximum Gasteiger partial charge on any atom is 0.340 e. The molecular weight excluding hydrogens is 384 g/mol. The number of carbonyl (C=O) groups excluding carboxylic acids is 2. The maximum absolute atomic E-state index is 13.1. The quantitative estimate of drug-likeness (QED) is 0.334. The van der Waals surface area contributed by atoms with Gasteiger partial charge in [0.1, 0.15) is 0 Å². The minimum Gasteiger partial charge on any atom is -0.465 e. The Kier molecular flexibility index (Phi) is 5.28. The molecule has 0 saturated heterocycles. The van der Waals surface area contributed by atoms with E-state index in [9.17, 15) is 19.7 Å². The molecule has 0 aromatic heterocycles. The van der Waals surface area contributed by atoms with E-state index in [0.717, 1.165) is 0 Å². The summed E-state index contributed by atoms with van der Waals surface area (Å²) in [6, 6.07) is 12.4. The molecule has 1 aliphatic rings. The summed E-state index contributed by atoms with van der Waals surface area (Å²) in [4.78, 5) is 37.1. The van der Waals surface area contributed by atoms with Crippen LogP contribution < -0.4 is 4.90 Å². The maximum atomic E-state index is 13.1. The highest BCUT2D eigenvalue weighted by atomic mass is 35.5. The number of halogens is 1. The summed E-state index contributed by atoms with van der Waals surface area (Å²) in [5.74, 6) is -1.07. The smallest absolute Gasteiger partial charge is 0.340 e. The normalized spacial score (nSPS) is 15.3. The van der Waals surface area contributed by atoms with Crippen molar-refractivity contribution in [3.63, 3.8) is 0 Å². The molecule has 0 fully saturated rings. The fourth-order valence-electron chi connectivity index (χ4n) is 2.97. The van der Waals surface area contributed by atoms with Crippen LogP contribution in [0.15, 0.2) is 65.4 Å². The molecular formula is C20H15ClN2O5. The molecule has 28 heavy (non-hydrogen) atoms. The van der Waals surface area contributed by atoms with E-state index in [0.29, 0.717) is 22.0 Å². The molecule has 0 atom stereocenters. The number of anilines is 1. The molecule has 0 spiro atoms. The lowest BCUT2D eigenvalue weighted by Crippen LogP contribution is -2.24. The van der Waals surface area contributed by atoms with Crippen LogP contribution in [0.1, 0.15) is 12.5 Å². The molecule has 2 aromatic carbocycles. The fourth-order valence-corrected chi connectivity index (χ4v) is 3.15. The van der Waals surface area contributed by atoms with E-state index in [-0.39, 0.29) is 16.8 Å². The van der Waals surface area contributed by atoms with Crippen molar-refractivity contribution in [3.05, 3.63) is 86.1 Å². The van der Waals surface area contributed by atoms with Crippen LogP contribution in [-0.2, 0) is 14.3 Å². The van der Waals surface area contributed by atoms with Gasteiger partial charge in [0.05, 0.1) is 28.9 Å². The van der Waals surface area contributed by atoms with Crippen LogP contribution in [0.25, 0.3) is 6.08 Å². The second kappa shape index (κ2) is 7.66. The average molecular weight is 399 g/mol. The highest BCUT2D eigenvalue weighted by molar-refractivity contribution is 6.31. The molecule has 1 heterocycles. The van der Waals surface area contributed by atoms with Gasteiger partial charge in [-0.05, 0) is 48.9 Å². The lowest BCUT2D eigenvalue weighted by atomic mass is 10.0. The SMILES string of the molecule is COC(=O)C1=C(C)N(c2cccc(Cl)c2)C(=O)/C1=C\c1ccc([N+](=O)[O-])cc1. The Morgan fingerprint density at radius 2 is 1.89 bits per heavy atom. The molecule has 0 unspecified atom stereocenters. The van der Waals surface area contributed by atoms with Gasteiger partial charge < -0.3 is 4.74 Å². The second-order valence-corrected chi connectivity index (χ2v) is 6.42. The fraction of sp³-hybridized carbons (Fsp3) is 0.100. The predicted molar refractivity (Wildman–Crippen MR) is 105 cm³/mol. The summed E-state index contributed by atoms with van der Waals surface area (Å²) >= 11 is 6.04. The van der Waals surface area contributed by atoms with Crippen molar-refractivity contribution in [2.24, 2.45) is 0 Å². The van der Waals surface area contributed by atoms with E-state index < -0.39 is 16.8 Å². The van der Waals surface area contributed by atoms with Gasteiger partial charge in [-0.3, -0.25) is 19.8 Å². The Morgan fingerprint density at radius 1 is 1.21 bits per heavy atom. The first-order chi connectivity index (χ1) is 13.3. The Bertz CT molecular complexity index is 1040. The van der Waals surface area contributed by atoms with E-state index in [4.69, 9.17) is 16.3 Å². The summed E-state index contributed by atoms with van der Waals surface area (Å²) < 4.78 is 4.85. The lowest BCUT2D eigenvalue weighted by Gasteiger charge is -2.18. The van der Waals surface area contributed by atoms with Crippen molar-refractivity contribution in [3.8, 4) is 0 Å². The van der Waals surface area contributed by atoms with E-state index in [2.05, 4.69) is 0 Å². The molecule has 0 radical (unpaired) electrons. The number of ether oxygens (including phenoxy) is 1. The first kappa shape index (κ1) is 19.3. The van der Waals surface area contributed by atoms with Crippen molar-refractivity contribution in [1.29, 1.82) is 0 Å². The van der Waals surface area contributed by atoms with E-state index in [1.807, 2.05) is 0 Å². The molecule has 7 nitrogen and oxygen atoms in total. The molecule has 8 heteroatoms. The van der Waals surface area contributed by atoms with Crippen molar-refractivity contribution < 1.29 is 19.2 Å². The van der Waals surface area contributed by atoms with Gasteiger partial charge >= 0.3 is 5.97 Å². The Morgan fingerprint density at radius 3 is 2.46 bits per heavy atom. The number of rotatable bonds is 4. The molecule has 0 N–H and O–H groups in total. The van der Waals surface area contributed by atoms with Gasteiger partial charge in [0, 0.05) is 22.9 Å². The van der Waals surface area contributed by atoms with Crippen LogP contribution in [0.2, 0.25) is 5.02 Å². The van der Waals surface area contributed by atoms with E-state index in [1.165, 1.54) is 42.4 Å². The molecule has 1 aliphatic heterocycles. The van der Waals surface area contributed by atoms with Crippen LogP contribution in [0.5, 0.6) is 0 Å². The van der Waals surface area contributed by atoms with Crippen molar-refractivity contribution in [2.75, 3.05) is 12.0 Å². The zero-order valence-corrected chi connectivity index (χ0v) is 15.8. The number of carbonyl (C=O) groups is 2. The van der Waals surface area contributed by atoms with E-state index in [1.54, 1.807) is 31.2 Å². The second-order valence-electron chi connectivity index (χ2n) is 5.98. The van der Waals surface area contributed by atoms with Gasteiger partial charge in [-0.15, -0.1) is 0 Å². The Balaban J connectivity index is 2.10. The number of nitrogens with zero attached hydrogens (tertiary/aromatic N) is 2. The van der Waals surface area contributed by atoms with Gasteiger partial charge in [0.25, 0.3) is 11.6 Å². The number of nitro benzene ring substituents is 1. The highest BCUT2D eigenvalue weighted by Gasteiger charge is 2.37. The summed E-state index contributed by atoms with van der Waals surface area (Å²) in [6.07, 6.45) is 1.51. The number of methoxy groups -OCH3 is 1. The molecule has 142 valence electrons. The lowest BCUT2D eigenvalue weighted by molar-refractivity contribution is -0.384. The van der Waals surface area contributed by atoms with Crippen LogP contribution in [0, 0.1) is 10.1 Å². The monoisotopic (exact) mass is 398 g/mol. The summed E-state index contributed by atoms with van der Waals surface area (Å²) in [5, 5.41) is 11.3. The van der Waals surface area contributed by atoms with Gasteiger partial charge in [-0.1, -0.05) is 17.7 Å². The van der Waals surface area contributed by atoms with Crippen LogP contribution in [-0.4, -0.2) is 23.9 Å². The van der Waals surface area contributed by atoms with Gasteiger partial charge in [0.2, 0.25) is 0 Å². The van der Waals surface area contributed by atoms with Crippen LogP contribution in [0.4, 0.5) is 11.4 Å². The number of hydrogen-bond donors (Lipinski definition) is 0. The van der Waals surface area contributed by atoms with E-state index >= 15 is 0 Å². The van der Waals surface area contributed by atoms with Crippen molar-refractivity contribution in [1.82, 2.24) is 0 Å². The number of amides is 1. The first-order valence-electron chi connectivity index (χ1n) is 8.19. The first-order valence-corrected chi connectivity index (χ1v) is 8.57. The zero-order valence-electron chi connectivity index (χ0n) is 15.0. The van der Waals surface area contributed by atoms with Gasteiger partial charge in [-0.25, -0.2) is 4.79 Å². The number of hydrogen-bond acceptors (Lipinski definition) is 5. The summed E-state index contributed by atoms with van der Waals surface area (Å²) in [7, 11) is 1.23. The molecule has 0 aliphatic carbocycles. The molecule has 2 aromatic rings. The number of benzene rings is 2. The number of nitro groups is 1.